The average molecular weight is 298 g/mol. The van der Waals surface area contributed by atoms with Crippen LogP contribution < -0.4 is 10.6 Å². The van der Waals surface area contributed by atoms with E-state index in [0.29, 0.717) is 11.3 Å². The van der Waals surface area contributed by atoms with E-state index >= 15 is 0 Å². The molecule has 0 heterocycles. The van der Waals surface area contributed by atoms with Gasteiger partial charge >= 0.3 is 0 Å². The Morgan fingerprint density at radius 2 is 1.70 bits per heavy atom. The Balaban J connectivity index is 2.70. The Morgan fingerprint density at radius 3 is 2.15 bits per heavy atom. The summed E-state index contributed by atoms with van der Waals surface area (Å²) >= 11 is 0. The van der Waals surface area contributed by atoms with E-state index in [1.165, 1.54) is 20.9 Å². The highest BCUT2D eigenvalue weighted by atomic mass is 32.2. The van der Waals surface area contributed by atoms with Gasteiger partial charge in [-0.15, -0.1) is 0 Å². The van der Waals surface area contributed by atoms with Gasteiger partial charge in [0, 0.05) is 18.3 Å². The molecule has 0 aliphatic carbocycles. The fraction of sp³-hybridized carbons (Fsp3) is 0.385. The van der Waals surface area contributed by atoms with Gasteiger partial charge in [-0.3, -0.25) is 9.59 Å². The highest BCUT2D eigenvalue weighted by Crippen LogP contribution is 2.10. The first kappa shape index (κ1) is 16.2. The number of sulfone groups is 1. The van der Waals surface area contributed by atoms with E-state index in [0.717, 1.165) is 0 Å². The van der Waals surface area contributed by atoms with E-state index in [-0.39, 0.29) is 5.91 Å². The van der Waals surface area contributed by atoms with Crippen LogP contribution in [0.25, 0.3) is 0 Å². The molecule has 0 saturated heterocycles. The lowest BCUT2D eigenvalue weighted by atomic mass is 10.2. The normalized spacial score (nSPS) is 11.2. The van der Waals surface area contributed by atoms with Crippen LogP contribution in [0, 0.1) is 0 Å². The second-order valence-electron chi connectivity index (χ2n) is 4.56. The van der Waals surface area contributed by atoms with Crippen molar-refractivity contribution < 1.29 is 18.0 Å². The van der Waals surface area contributed by atoms with Crippen LogP contribution >= 0.6 is 0 Å². The summed E-state index contributed by atoms with van der Waals surface area (Å²) < 4.78 is 23.2. The van der Waals surface area contributed by atoms with Crippen LogP contribution in [0.15, 0.2) is 24.3 Å². The van der Waals surface area contributed by atoms with Gasteiger partial charge in [0.15, 0.2) is 9.84 Å². The topological polar surface area (TPSA) is 92.3 Å². The molecule has 1 aromatic rings. The third-order valence-electron chi connectivity index (χ3n) is 2.71. The van der Waals surface area contributed by atoms with Crippen molar-refractivity contribution in [3.05, 3.63) is 29.8 Å². The van der Waals surface area contributed by atoms with E-state index in [4.69, 9.17) is 0 Å². The Morgan fingerprint density at radius 1 is 1.15 bits per heavy atom. The third kappa shape index (κ3) is 4.34. The number of anilines is 1. The van der Waals surface area contributed by atoms with Crippen LogP contribution in [-0.2, 0) is 14.6 Å². The molecule has 6 nitrogen and oxygen atoms in total. The first-order valence-corrected chi connectivity index (χ1v) is 7.81. The number of hydrogen-bond donors (Lipinski definition) is 2. The lowest BCUT2D eigenvalue weighted by Gasteiger charge is -2.09. The quantitative estimate of drug-likeness (QED) is 0.841. The first-order chi connectivity index (χ1) is 9.26. The molecule has 0 unspecified atom stereocenters. The maximum absolute atomic E-state index is 11.6. The Kier molecular flexibility index (Phi) is 5.26. The number of nitrogens with one attached hydrogen (secondary N) is 2. The van der Waals surface area contributed by atoms with Gasteiger partial charge < -0.3 is 10.6 Å². The van der Waals surface area contributed by atoms with Crippen LogP contribution in [0.3, 0.4) is 0 Å². The molecule has 110 valence electrons. The summed E-state index contributed by atoms with van der Waals surface area (Å²) in [5.74, 6) is -1.38. The predicted octanol–water partition coefficient (Wildman–Crippen LogP) is 0.808. The second-order valence-corrected chi connectivity index (χ2v) is 7.12. The summed E-state index contributed by atoms with van der Waals surface area (Å²) in [5.41, 5.74) is 0.905. The van der Waals surface area contributed by atoms with Gasteiger partial charge in [0.2, 0.25) is 5.91 Å². The Bertz CT molecular complexity index is 591. The minimum atomic E-state index is -3.42. The Hall–Kier alpha value is -1.89. The number of benzene rings is 1. The molecular weight excluding hydrogens is 280 g/mol. The number of rotatable bonds is 5. The largest absolute Gasteiger partial charge is 0.355 e. The highest BCUT2D eigenvalue weighted by molar-refractivity contribution is 7.92. The monoisotopic (exact) mass is 298 g/mol. The standard InChI is InChI=1S/C13H18N2O4S/c1-9(2)20(18,19)8-12(16)15-11-6-4-10(5-7-11)13(17)14-3/h4-7,9H,8H2,1-3H3,(H,14,17)(H,15,16). The fourth-order valence-electron chi connectivity index (χ4n) is 1.40. The van der Waals surface area contributed by atoms with Crippen molar-refractivity contribution in [2.24, 2.45) is 0 Å². The van der Waals surface area contributed by atoms with Crippen molar-refractivity contribution in [2.45, 2.75) is 19.1 Å². The molecule has 0 aliphatic rings. The summed E-state index contributed by atoms with van der Waals surface area (Å²) in [6.07, 6.45) is 0. The highest BCUT2D eigenvalue weighted by Gasteiger charge is 2.20. The summed E-state index contributed by atoms with van der Waals surface area (Å²) in [5, 5.41) is 4.37. The molecule has 20 heavy (non-hydrogen) atoms. The van der Waals surface area contributed by atoms with Gasteiger partial charge in [0.05, 0.1) is 5.25 Å². The van der Waals surface area contributed by atoms with Crippen LogP contribution in [-0.4, -0.2) is 38.3 Å². The molecule has 0 aromatic heterocycles. The molecule has 0 bridgehead atoms. The summed E-state index contributed by atoms with van der Waals surface area (Å²) in [4.78, 5) is 23.0. The lowest BCUT2D eigenvalue weighted by Crippen LogP contribution is -2.27. The average Bonchev–Trinajstić information content (AvgIpc) is 2.37. The second kappa shape index (κ2) is 6.51. The number of carbonyl (C=O) groups excluding carboxylic acids is 2. The summed E-state index contributed by atoms with van der Waals surface area (Å²) in [6, 6.07) is 6.19. The first-order valence-electron chi connectivity index (χ1n) is 6.10. The van der Waals surface area contributed by atoms with E-state index in [1.54, 1.807) is 24.3 Å². The Labute approximate surface area is 118 Å². The van der Waals surface area contributed by atoms with Gasteiger partial charge in [-0.1, -0.05) is 0 Å². The maximum Gasteiger partial charge on any atom is 0.251 e. The van der Waals surface area contributed by atoms with Gasteiger partial charge in [-0.2, -0.15) is 0 Å². The third-order valence-corrected chi connectivity index (χ3v) is 4.81. The van der Waals surface area contributed by atoms with Crippen molar-refractivity contribution in [2.75, 3.05) is 18.1 Å². The molecule has 0 spiro atoms. The van der Waals surface area contributed by atoms with Crippen molar-refractivity contribution in [3.63, 3.8) is 0 Å². The van der Waals surface area contributed by atoms with Crippen LogP contribution in [0.4, 0.5) is 5.69 Å². The molecule has 1 aromatic carbocycles. The minimum Gasteiger partial charge on any atom is -0.355 e. The zero-order valence-electron chi connectivity index (χ0n) is 11.6. The molecule has 0 atom stereocenters. The lowest BCUT2D eigenvalue weighted by molar-refractivity contribution is -0.113. The van der Waals surface area contributed by atoms with E-state index in [1.807, 2.05) is 0 Å². The van der Waals surface area contributed by atoms with Gasteiger partial charge in [-0.25, -0.2) is 8.42 Å². The fourth-order valence-corrected chi connectivity index (χ4v) is 2.17. The van der Waals surface area contributed by atoms with Crippen molar-refractivity contribution in [1.29, 1.82) is 0 Å². The van der Waals surface area contributed by atoms with Crippen LogP contribution in [0.1, 0.15) is 24.2 Å². The van der Waals surface area contributed by atoms with Crippen molar-refractivity contribution in [1.82, 2.24) is 5.32 Å². The molecule has 2 amide bonds. The molecule has 0 radical (unpaired) electrons. The summed E-state index contributed by atoms with van der Waals surface area (Å²) in [7, 11) is -1.90. The molecule has 7 heteroatoms. The molecule has 0 saturated carbocycles. The van der Waals surface area contributed by atoms with E-state index in [2.05, 4.69) is 10.6 Å². The number of hydrogen-bond acceptors (Lipinski definition) is 4. The number of carbonyl (C=O) groups is 2. The number of amides is 2. The zero-order chi connectivity index (χ0) is 15.3. The predicted molar refractivity (Wildman–Crippen MR) is 77.4 cm³/mol. The van der Waals surface area contributed by atoms with Crippen LogP contribution in [0.2, 0.25) is 0 Å². The maximum atomic E-state index is 11.6. The van der Waals surface area contributed by atoms with E-state index in [9.17, 15) is 18.0 Å². The van der Waals surface area contributed by atoms with E-state index < -0.39 is 26.7 Å². The van der Waals surface area contributed by atoms with Crippen molar-refractivity contribution >= 4 is 27.3 Å². The zero-order valence-corrected chi connectivity index (χ0v) is 12.5. The van der Waals surface area contributed by atoms with Gasteiger partial charge in [0.25, 0.3) is 5.91 Å². The SMILES string of the molecule is CNC(=O)c1ccc(NC(=O)CS(=O)(=O)C(C)C)cc1. The molecule has 1 rings (SSSR count). The van der Waals surface area contributed by atoms with Crippen LogP contribution in [0.5, 0.6) is 0 Å². The smallest absolute Gasteiger partial charge is 0.251 e. The molecule has 0 fully saturated rings. The summed E-state index contributed by atoms with van der Waals surface area (Å²) in [6.45, 7) is 3.06. The van der Waals surface area contributed by atoms with Crippen molar-refractivity contribution in [3.8, 4) is 0 Å². The van der Waals surface area contributed by atoms with Gasteiger partial charge in [-0.05, 0) is 38.1 Å². The molecular formula is C13H18N2O4S. The minimum absolute atomic E-state index is 0.231. The molecule has 0 aliphatic heterocycles. The van der Waals surface area contributed by atoms with Gasteiger partial charge in [0.1, 0.15) is 5.75 Å². The molecule has 2 N–H and O–H groups in total.